The lowest BCUT2D eigenvalue weighted by atomic mass is 9.93. The number of hydrogen-bond acceptors (Lipinski definition) is 5. The minimum atomic E-state index is -0.278. The van der Waals surface area contributed by atoms with Crippen molar-refractivity contribution in [3.63, 3.8) is 0 Å². The predicted octanol–water partition coefficient (Wildman–Crippen LogP) is 2.74. The second-order valence-electron chi connectivity index (χ2n) is 6.87. The van der Waals surface area contributed by atoms with Crippen LogP contribution in [0, 0.1) is 5.82 Å². The molecule has 3 aromatic rings. The van der Waals surface area contributed by atoms with E-state index >= 15 is 0 Å². The maximum absolute atomic E-state index is 13.1. The number of rotatable bonds is 6. The van der Waals surface area contributed by atoms with Gasteiger partial charge in [0, 0.05) is 24.6 Å². The van der Waals surface area contributed by atoms with Gasteiger partial charge in [0.1, 0.15) is 10.6 Å². The van der Waals surface area contributed by atoms with E-state index in [1.54, 1.807) is 41.5 Å². The van der Waals surface area contributed by atoms with Crippen molar-refractivity contribution in [2.75, 3.05) is 20.3 Å². The van der Waals surface area contributed by atoms with Gasteiger partial charge in [0.2, 0.25) is 0 Å². The van der Waals surface area contributed by atoms with E-state index in [1.807, 2.05) is 0 Å². The zero-order valence-corrected chi connectivity index (χ0v) is 16.0. The van der Waals surface area contributed by atoms with Gasteiger partial charge < -0.3 is 10.1 Å². The van der Waals surface area contributed by atoms with Gasteiger partial charge in [0.15, 0.2) is 0 Å². The van der Waals surface area contributed by atoms with E-state index in [-0.39, 0.29) is 11.4 Å². The lowest BCUT2D eigenvalue weighted by Crippen LogP contribution is -2.36. The maximum atomic E-state index is 13.1. The smallest absolute Gasteiger partial charge is 0.262 e. The van der Waals surface area contributed by atoms with E-state index in [4.69, 9.17) is 4.74 Å². The number of benzene rings is 1. The number of nitrogens with one attached hydrogen (secondary N) is 1. The summed E-state index contributed by atoms with van der Waals surface area (Å²) >= 11 is 1.63. The van der Waals surface area contributed by atoms with E-state index in [1.165, 1.54) is 17.0 Å². The van der Waals surface area contributed by atoms with Gasteiger partial charge in [-0.05, 0) is 42.5 Å². The number of halogens is 1. The molecule has 2 heterocycles. The number of fused-ring (bicyclic) bond motifs is 3. The van der Waals surface area contributed by atoms with Crippen molar-refractivity contribution in [3.05, 3.63) is 62.8 Å². The van der Waals surface area contributed by atoms with Crippen LogP contribution in [-0.4, -0.2) is 35.9 Å². The number of nitrogens with zero attached hydrogens (tertiary/aromatic N) is 2. The van der Waals surface area contributed by atoms with Crippen LogP contribution in [0.4, 0.5) is 4.39 Å². The molecular formula is C20H22FN3O2S. The number of ether oxygens (including phenoxy) is 1. The predicted molar refractivity (Wildman–Crippen MR) is 105 cm³/mol. The van der Waals surface area contributed by atoms with Crippen molar-refractivity contribution >= 4 is 21.6 Å². The average Bonchev–Trinajstić information content (AvgIpc) is 3.04. The van der Waals surface area contributed by atoms with E-state index in [2.05, 4.69) is 10.3 Å². The quantitative estimate of drug-likeness (QED) is 0.661. The molecule has 0 bridgehead atoms. The van der Waals surface area contributed by atoms with Gasteiger partial charge in [-0.25, -0.2) is 9.37 Å². The molecule has 0 saturated carbocycles. The number of hydrogen-bond donors (Lipinski definition) is 1. The molecule has 27 heavy (non-hydrogen) atoms. The Morgan fingerprint density at radius 2 is 2.19 bits per heavy atom. The van der Waals surface area contributed by atoms with Crippen LogP contribution in [-0.2, 0) is 24.1 Å². The standard InChI is InChI=1S/C20H22FN3O2S/c1-26-9-8-22-15-6-7-16-17(10-15)27-19-18(16)20(25)24(12-23-19)11-13-2-4-14(21)5-3-13/h2-5,12,15,22H,6-11H2,1H3/t15-/m1/s1. The average molecular weight is 387 g/mol. The van der Waals surface area contributed by atoms with Crippen molar-refractivity contribution in [3.8, 4) is 0 Å². The minimum Gasteiger partial charge on any atom is -0.383 e. The molecule has 0 unspecified atom stereocenters. The van der Waals surface area contributed by atoms with Gasteiger partial charge in [-0.2, -0.15) is 0 Å². The van der Waals surface area contributed by atoms with Crippen molar-refractivity contribution in [2.24, 2.45) is 0 Å². The van der Waals surface area contributed by atoms with Crippen LogP contribution < -0.4 is 10.9 Å². The zero-order valence-electron chi connectivity index (χ0n) is 15.2. The summed E-state index contributed by atoms with van der Waals surface area (Å²) in [6.45, 7) is 1.93. The first-order valence-electron chi connectivity index (χ1n) is 9.12. The fourth-order valence-electron chi connectivity index (χ4n) is 3.64. The van der Waals surface area contributed by atoms with E-state index in [0.717, 1.165) is 47.2 Å². The number of thiophene rings is 1. The van der Waals surface area contributed by atoms with Gasteiger partial charge in [-0.15, -0.1) is 11.3 Å². The van der Waals surface area contributed by atoms with Crippen molar-refractivity contribution in [1.29, 1.82) is 0 Å². The molecule has 142 valence electrons. The first-order valence-corrected chi connectivity index (χ1v) is 9.94. The summed E-state index contributed by atoms with van der Waals surface area (Å²) < 4.78 is 19.8. The first kappa shape index (κ1) is 18.3. The highest BCUT2D eigenvalue weighted by Gasteiger charge is 2.24. The Bertz CT molecular complexity index is 997. The molecule has 0 saturated heterocycles. The molecule has 1 N–H and O–H groups in total. The fourth-order valence-corrected chi connectivity index (χ4v) is 4.90. The third kappa shape index (κ3) is 3.81. The van der Waals surface area contributed by atoms with Gasteiger partial charge in [0.25, 0.3) is 5.56 Å². The molecule has 0 amide bonds. The molecule has 1 atom stereocenters. The molecule has 0 fully saturated rings. The molecule has 0 radical (unpaired) electrons. The SMILES string of the molecule is COCCN[C@@H]1CCc2c(sc3ncn(Cc4ccc(F)cc4)c(=O)c23)C1. The Morgan fingerprint density at radius 3 is 2.96 bits per heavy atom. The van der Waals surface area contributed by atoms with Gasteiger partial charge >= 0.3 is 0 Å². The van der Waals surface area contributed by atoms with Crippen molar-refractivity contribution < 1.29 is 9.13 Å². The highest BCUT2D eigenvalue weighted by molar-refractivity contribution is 7.18. The maximum Gasteiger partial charge on any atom is 0.262 e. The summed E-state index contributed by atoms with van der Waals surface area (Å²) in [5.41, 5.74) is 2.03. The van der Waals surface area contributed by atoms with Gasteiger partial charge in [-0.3, -0.25) is 9.36 Å². The van der Waals surface area contributed by atoms with E-state index < -0.39 is 0 Å². The van der Waals surface area contributed by atoms with Crippen LogP contribution >= 0.6 is 11.3 Å². The lowest BCUT2D eigenvalue weighted by molar-refractivity contribution is 0.194. The molecule has 0 aliphatic heterocycles. The summed E-state index contributed by atoms with van der Waals surface area (Å²) in [5.74, 6) is -0.278. The van der Waals surface area contributed by atoms with Crippen LogP contribution in [0.1, 0.15) is 22.4 Å². The van der Waals surface area contributed by atoms with Crippen molar-refractivity contribution in [1.82, 2.24) is 14.9 Å². The molecule has 7 heteroatoms. The summed E-state index contributed by atoms with van der Waals surface area (Å²) in [7, 11) is 1.70. The van der Waals surface area contributed by atoms with Crippen molar-refractivity contribution in [2.45, 2.75) is 31.8 Å². The first-order chi connectivity index (χ1) is 13.2. The minimum absolute atomic E-state index is 0.00684. The van der Waals surface area contributed by atoms with Crippen LogP contribution in [0.15, 0.2) is 35.4 Å². The Labute approximate surface area is 160 Å². The summed E-state index contributed by atoms with van der Waals surface area (Å²) in [6.07, 6.45) is 4.42. The van der Waals surface area contributed by atoms with Gasteiger partial charge in [-0.1, -0.05) is 12.1 Å². The molecule has 1 aliphatic carbocycles. The topological polar surface area (TPSA) is 56.1 Å². The Hall–Kier alpha value is -2.09. The zero-order chi connectivity index (χ0) is 18.8. The lowest BCUT2D eigenvalue weighted by Gasteiger charge is -2.23. The van der Waals surface area contributed by atoms with Crippen LogP contribution in [0.5, 0.6) is 0 Å². The molecule has 1 aliphatic rings. The second kappa shape index (κ2) is 7.88. The molecule has 2 aromatic heterocycles. The van der Waals surface area contributed by atoms with E-state index in [9.17, 15) is 9.18 Å². The number of aromatic nitrogens is 2. The Balaban J connectivity index is 1.60. The van der Waals surface area contributed by atoms with E-state index in [0.29, 0.717) is 19.2 Å². The number of aryl methyl sites for hydroxylation is 1. The highest BCUT2D eigenvalue weighted by Crippen LogP contribution is 2.33. The third-order valence-electron chi connectivity index (χ3n) is 5.04. The summed E-state index contributed by atoms with van der Waals surface area (Å²) in [6, 6.07) is 6.64. The highest BCUT2D eigenvalue weighted by atomic mass is 32.1. The largest absolute Gasteiger partial charge is 0.383 e. The fraction of sp³-hybridized carbons (Fsp3) is 0.400. The molecule has 5 nitrogen and oxygen atoms in total. The number of methoxy groups -OCH3 is 1. The summed E-state index contributed by atoms with van der Waals surface area (Å²) in [5, 5.41) is 4.28. The Kier molecular flexibility index (Phi) is 5.33. The Morgan fingerprint density at radius 1 is 1.37 bits per heavy atom. The van der Waals surface area contributed by atoms with Crippen LogP contribution in [0.2, 0.25) is 0 Å². The third-order valence-corrected chi connectivity index (χ3v) is 6.20. The van der Waals surface area contributed by atoms with Crippen LogP contribution in [0.25, 0.3) is 10.2 Å². The molecule has 4 rings (SSSR count). The van der Waals surface area contributed by atoms with Crippen LogP contribution in [0.3, 0.4) is 0 Å². The molecule has 1 aromatic carbocycles. The molecular weight excluding hydrogens is 365 g/mol. The summed E-state index contributed by atoms with van der Waals surface area (Å²) in [4.78, 5) is 19.7. The van der Waals surface area contributed by atoms with Gasteiger partial charge in [0.05, 0.1) is 24.9 Å². The second-order valence-corrected chi connectivity index (χ2v) is 7.96. The normalized spacial score (nSPS) is 16.6. The monoisotopic (exact) mass is 387 g/mol. The molecule has 0 spiro atoms.